The van der Waals surface area contributed by atoms with Crippen molar-refractivity contribution >= 4 is 67.1 Å². The van der Waals surface area contributed by atoms with Crippen LogP contribution in [0.1, 0.15) is 68.5 Å². The Labute approximate surface area is 500 Å². The molecule has 4 aliphatic rings. The van der Waals surface area contributed by atoms with Gasteiger partial charge in [0.25, 0.3) is 0 Å². The third-order valence-electron chi connectivity index (χ3n) is 13.1. The smallest absolute Gasteiger partial charge is 0.793 e. The number of hydrogen-bond donors (Lipinski definition) is 1. The number of thioether (sulfide) groups is 2. The summed E-state index contributed by atoms with van der Waals surface area (Å²) in [6.45, 7) is 6.62. The maximum absolute atomic E-state index is 13.6. The van der Waals surface area contributed by atoms with Gasteiger partial charge in [-0.3, -0.25) is 4.79 Å². The van der Waals surface area contributed by atoms with Crippen molar-refractivity contribution in [3.05, 3.63) is 156 Å². The summed E-state index contributed by atoms with van der Waals surface area (Å²) in [4.78, 5) is 78.6. The maximum Gasteiger partial charge on any atom is 1.00 e. The van der Waals surface area contributed by atoms with Gasteiger partial charge in [0.05, 0.1) is 46.2 Å². The van der Waals surface area contributed by atoms with E-state index in [9.17, 15) is 28.0 Å². The molecule has 3 radical (unpaired) electrons. The Kier molecular flexibility index (Phi) is 22.3. The van der Waals surface area contributed by atoms with Gasteiger partial charge in [-0.25, -0.2) is 58.0 Å². The van der Waals surface area contributed by atoms with Gasteiger partial charge in [-0.15, -0.1) is 0 Å². The van der Waals surface area contributed by atoms with Crippen LogP contribution in [0.2, 0.25) is 0 Å². The summed E-state index contributed by atoms with van der Waals surface area (Å²) in [6, 6.07) is 33.8. The molecule has 411 valence electrons. The van der Waals surface area contributed by atoms with Crippen LogP contribution in [0.4, 0.5) is 20.2 Å². The molecule has 81 heavy (non-hydrogen) atoms. The van der Waals surface area contributed by atoms with E-state index < -0.39 is 17.9 Å². The molecule has 0 unspecified atom stereocenters. The zero-order chi connectivity index (χ0) is 56.7. The minimum absolute atomic E-state index is 0. The molecule has 1 N–H and O–H groups in total. The summed E-state index contributed by atoms with van der Waals surface area (Å²) in [6.07, 6.45) is 14.1. The minimum atomic E-state index is -0.639. The fourth-order valence-corrected chi connectivity index (χ4v) is 10.4. The number of anilines is 2. The van der Waals surface area contributed by atoms with Crippen molar-refractivity contribution in [2.75, 3.05) is 42.4 Å². The predicted molar refractivity (Wildman–Crippen MR) is 304 cm³/mol. The topological polar surface area (TPSA) is 198 Å². The summed E-state index contributed by atoms with van der Waals surface area (Å²) in [5.74, 6) is -0.355. The first-order valence-corrected chi connectivity index (χ1v) is 28.1. The van der Waals surface area contributed by atoms with E-state index in [1.54, 1.807) is 30.5 Å². The van der Waals surface area contributed by atoms with E-state index in [1.807, 2.05) is 35.4 Å². The van der Waals surface area contributed by atoms with E-state index in [0.717, 1.165) is 123 Å². The van der Waals surface area contributed by atoms with Gasteiger partial charge in [-0.05, 0) is 122 Å². The summed E-state index contributed by atoms with van der Waals surface area (Å²) < 4.78 is 34.9. The average Bonchev–Trinajstić information content (AvgIpc) is 4.44. The third-order valence-corrected chi connectivity index (χ3v) is 14.2. The van der Waals surface area contributed by atoms with Crippen LogP contribution in [-0.2, 0) is 59.3 Å². The molecule has 8 aromatic rings. The van der Waals surface area contributed by atoms with E-state index in [4.69, 9.17) is 15.0 Å². The molecule has 0 saturated heterocycles. The monoisotopic (exact) mass is 1140 g/mol. The van der Waals surface area contributed by atoms with Crippen LogP contribution < -0.4 is 39.8 Å². The average molecular weight is 1140 g/mol. The molecule has 23 heteroatoms. The summed E-state index contributed by atoms with van der Waals surface area (Å²) in [5, 5.41) is 4.68. The molecule has 0 amide bonds. The van der Waals surface area contributed by atoms with Crippen molar-refractivity contribution in [3.8, 4) is 45.3 Å². The van der Waals surface area contributed by atoms with Crippen molar-refractivity contribution in [1.29, 1.82) is 0 Å². The normalized spacial score (nSPS) is 14.6. The van der Waals surface area contributed by atoms with Gasteiger partial charge in [0, 0.05) is 88.1 Å². The molecule has 8 heterocycles. The van der Waals surface area contributed by atoms with Crippen LogP contribution in [0.15, 0.2) is 132 Å². The van der Waals surface area contributed by atoms with E-state index in [0.29, 0.717) is 22.6 Å². The second kappa shape index (κ2) is 29.5. The van der Waals surface area contributed by atoms with Gasteiger partial charge < -0.3 is 36.8 Å². The number of imidazole rings is 2. The Morgan fingerprint density at radius 2 is 1.16 bits per heavy atom. The molecule has 0 spiro atoms. The first kappa shape index (κ1) is 61.4. The number of aldehydes is 1. The second-order valence-electron chi connectivity index (χ2n) is 18.4. The van der Waals surface area contributed by atoms with Gasteiger partial charge in [-0.2, -0.15) is 0 Å². The van der Waals surface area contributed by atoms with Crippen LogP contribution in [0.5, 0.6) is 0 Å². The molecule has 2 atom stereocenters. The molecular formula is C58H57BF2N10NaO7S2. The number of halogens is 2. The maximum atomic E-state index is 13.6. The van der Waals surface area contributed by atoms with Crippen LogP contribution >= 0.6 is 23.5 Å². The summed E-state index contributed by atoms with van der Waals surface area (Å²) >= 11 is 2.98. The molecule has 0 aliphatic carbocycles. The van der Waals surface area contributed by atoms with E-state index >= 15 is 0 Å². The molecule has 4 aromatic carbocycles. The first-order valence-electron chi connectivity index (χ1n) is 25.6. The quantitative estimate of drug-likeness (QED) is 0.0377. The van der Waals surface area contributed by atoms with Gasteiger partial charge in [0.2, 0.25) is 5.97 Å². The van der Waals surface area contributed by atoms with Crippen molar-refractivity contribution in [2.24, 2.45) is 0 Å². The van der Waals surface area contributed by atoms with Gasteiger partial charge in [0.1, 0.15) is 29.6 Å². The molecule has 12 rings (SSSR count). The molecule has 0 saturated carbocycles. The first-order chi connectivity index (χ1) is 38.8. The number of hydrogen-bond acceptors (Lipinski definition) is 17. The SMILES string of the molecule is CC(=O)OOC(C)=O.CSc1nccc(-c2c(-c3ccc(F)cc3)nc3n2[C@H](C=O)CC3)n1.CSc1nccc(-c2c(-c3ccc(F)cc3)nc3n2[C@H](CN2CCc4ccccc42)CC3)n1.[B-]OC(C)=O.[Na+].c1ccc2c(c1)CCN2. The Morgan fingerprint density at radius 3 is 1.68 bits per heavy atom. The summed E-state index contributed by atoms with van der Waals surface area (Å²) in [7, 11) is 4.32. The number of nitrogens with one attached hydrogen (secondary N) is 1. The molecule has 17 nitrogen and oxygen atoms in total. The zero-order valence-electron chi connectivity index (χ0n) is 45.7. The number of carbonyl (C=O) groups is 4. The number of carbonyl (C=O) groups excluding carboxylic acids is 4. The predicted octanol–water partition coefficient (Wildman–Crippen LogP) is 7.29. The molecular weight excluding hydrogens is 1080 g/mol. The number of aromatic nitrogens is 8. The third kappa shape index (κ3) is 15.6. The largest absolute Gasteiger partial charge is 1.00 e. The fraction of sp³-hybridized carbons (Fsp3) is 0.276. The minimum Gasteiger partial charge on any atom is -0.793 e. The zero-order valence-corrected chi connectivity index (χ0v) is 49.3. The molecule has 4 aromatic heterocycles. The van der Waals surface area contributed by atoms with Gasteiger partial charge >= 0.3 is 41.5 Å². The van der Waals surface area contributed by atoms with Crippen molar-refractivity contribution in [1.82, 2.24) is 39.0 Å². The van der Waals surface area contributed by atoms with Crippen LogP contribution in [0.3, 0.4) is 0 Å². The van der Waals surface area contributed by atoms with E-state index in [1.165, 1.54) is 83.6 Å². The van der Waals surface area contributed by atoms with Crippen LogP contribution in [-0.4, -0.2) is 103 Å². The van der Waals surface area contributed by atoms with Crippen LogP contribution in [0, 0.1) is 11.6 Å². The number of rotatable bonds is 9. The number of para-hydroxylation sites is 2. The fourth-order valence-electron chi connectivity index (χ4n) is 9.65. The molecule has 0 bridgehead atoms. The Hall–Kier alpha value is -7.24. The van der Waals surface area contributed by atoms with Gasteiger partial charge in [-0.1, -0.05) is 59.9 Å². The standard InChI is InChI=1S/C26H24FN5S.C18H15FN4OS.C8H9N.C4H6O4.C2H3BO2.Na/c1-33-26-28-14-12-21(29-26)25-24(18-6-8-19(27)9-7-18)30-23-11-10-20(32(23)25)16-31-15-13-17-4-2-3-5-22(17)31;1-25-18-20-9-8-14(21-18)17-16(11-2-4-12(19)5-3-11)22-15-7-6-13(10-24)23(15)17;1-2-4-8-7(3-1)5-6-9-8;1-3(5)7-8-4(2)6;1-2(4)5-3;/h2-9,12,14,20H,10-11,13,15-16H2,1H3;2-5,8-10,13H,6-7H2,1H3;1-4,9H,5-6H2;1-2H3;1H3;/q;;;;-1;+1/t20-;13-;;;;/m00..../s1. The van der Waals surface area contributed by atoms with Gasteiger partial charge in [0.15, 0.2) is 10.3 Å². The Morgan fingerprint density at radius 1 is 0.654 bits per heavy atom. The molecule has 0 fully saturated rings. The number of aryl methyl sites for hydroxylation is 2. The summed E-state index contributed by atoms with van der Waals surface area (Å²) in [5.41, 5.74) is 12.2. The Bertz CT molecular complexity index is 3430. The number of fused-ring (bicyclic) bond motifs is 4. The van der Waals surface area contributed by atoms with Crippen LogP contribution in [0.25, 0.3) is 45.3 Å². The number of benzene rings is 4. The Balaban J connectivity index is 0.000000172. The van der Waals surface area contributed by atoms with Crippen molar-refractivity contribution < 1.29 is 71.9 Å². The second-order valence-corrected chi connectivity index (χ2v) is 20.0. The van der Waals surface area contributed by atoms with Crippen molar-refractivity contribution in [3.63, 3.8) is 0 Å². The van der Waals surface area contributed by atoms with E-state index in [-0.39, 0.29) is 47.2 Å². The van der Waals surface area contributed by atoms with E-state index in [2.05, 4.69) is 101 Å². The molecule has 4 aliphatic heterocycles. The number of nitrogens with zero attached hydrogens (tertiary/aromatic N) is 9. The van der Waals surface area contributed by atoms with Crippen molar-refractivity contribution in [2.45, 2.75) is 81.7 Å².